The number of hydrogen-bond donors (Lipinski definition) is 1. The molecule has 2 aromatic carbocycles. The van der Waals surface area contributed by atoms with E-state index in [4.69, 9.17) is 0 Å². The van der Waals surface area contributed by atoms with Crippen molar-refractivity contribution in [2.24, 2.45) is 0 Å². The molecule has 0 saturated heterocycles. The lowest BCUT2D eigenvalue weighted by Crippen LogP contribution is -2.15. The third-order valence-corrected chi connectivity index (χ3v) is 3.75. The molecule has 2 rings (SSSR count). The van der Waals surface area contributed by atoms with Crippen LogP contribution < -0.4 is 4.72 Å². The first kappa shape index (κ1) is 14.3. The summed E-state index contributed by atoms with van der Waals surface area (Å²) in [5, 5.41) is 0. The van der Waals surface area contributed by atoms with Gasteiger partial charge in [-0.1, -0.05) is 0 Å². The number of anilines is 1. The van der Waals surface area contributed by atoms with Gasteiger partial charge in [0.05, 0.1) is 5.69 Å². The van der Waals surface area contributed by atoms with Crippen LogP contribution in [0.1, 0.15) is 0 Å². The van der Waals surface area contributed by atoms with Crippen LogP contribution in [-0.4, -0.2) is 8.42 Å². The highest BCUT2D eigenvalue weighted by Gasteiger charge is 2.20. The van der Waals surface area contributed by atoms with Crippen molar-refractivity contribution >= 4 is 15.7 Å². The quantitative estimate of drug-likeness (QED) is 0.886. The zero-order valence-electron chi connectivity index (χ0n) is 9.70. The third kappa shape index (κ3) is 2.90. The van der Waals surface area contributed by atoms with Gasteiger partial charge in [-0.15, -0.1) is 0 Å². The molecule has 0 unspecified atom stereocenters. The topological polar surface area (TPSA) is 46.2 Å². The molecular formula is C12H7F4NO2S. The van der Waals surface area contributed by atoms with Gasteiger partial charge in [0, 0.05) is 6.07 Å². The van der Waals surface area contributed by atoms with Crippen molar-refractivity contribution < 1.29 is 26.0 Å². The van der Waals surface area contributed by atoms with Crippen molar-refractivity contribution in [2.45, 2.75) is 4.90 Å². The Hall–Kier alpha value is -2.09. The summed E-state index contributed by atoms with van der Waals surface area (Å²) in [5.74, 6) is -4.55. The van der Waals surface area contributed by atoms with Crippen LogP contribution >= 0.6 is 0 Å². The van der Waals surface area contributed by atoms with Gasteiger partial charge in [0.15, 0.2) is 11.6 Å². The Morgan fingerprint density at radius 3 is 2.10 bits per heavy atom. The maximum absolute atomic E-state index is 13.4. The summed E-state index contributed by atoms with van der Waals surface area (Å²) in [7, 11) is -4.45. The number of hydrogen-bond acceptors (Lipinski definition) is 2. The first-order valence-electron chi connectivity index (χ1n) is 5.22. The molecule has 106 valence electrons. The smallest absolute Gasteiger partial charge is 0.264 e. The van der Waals surface area contributed by atoms with Gasteiger partial charge in [0.1, 0.15) is 16.5 Å². The molecule has 20 heavy (non-hydrogen) atoms. The molecule has 0 aromatic heterocycles. The van der Waals surface area contributed by atoms with Gasteiger partial charge < -0.3 is 0 Å². The summed E-state index contributed by atoms with van der Waals surface area (Å²) >= 11 is 0. The number of sulfonamides is 1. The van der Waals surface area contributed by atoms with Gasteiger partial charge in [0.2, 0.25) is 0 Å². The Labute approximate surface area is 111 Å². The third-order valence-electron chi connectivity index (χ3n) is 2.35. The average molecular weight is 305 g/mol. The maximum atomic E-state index is 13.4. The summed E-state index contributed by atoms with van der Waals surface area (Å²) in [6.45, 7) is 0. The van der Waals surface area contributed by atoms with E-state index in [0.29, 0.717) is 24.3 Å². The van der Waals surface area contributed by atoms with Crippen molar-refractivity contribution in [2.75, 3.05) is 4.72 Å². The van der Waals surface area contributed by atoms with Crippen LogP contribution in [0.4, 0.5) is 23.2 Å². The van der Waals surface area contributed by atoms with Gasteiger partial charge in [0.25, 0.3) is 10.0 Å². The molecule has 0 radical (unpaired) electrons. The minimum absolute atomic E-state index is 0.312. The molecule has 8 heteroatoms. The largest absolute Gasteiger partial charge is 0.279 e. The fraction of sp³-hybridized carbons (Fsp3) is 0. The van der Waals surface area contributed by atoms with E-state index in [0.717, 1.165) is 12.1 Å². The summed E-state index contributed by atoms with van der Waals surface area (Å²) in [4.78, 5) is -0.928. The lowest BCUT2D eigenvalue weighted by molar-refractivity contribution is 0.509. The molecule has 0 aliphatic heterocycles. The van der Waals surface area contributed by atoms with E-state index in [1.54, 1.807) is 0 Å². The second-order valence-corrected chi connectivity index (χ2v) is 5.46. The first-order valence-corrected chi connectivity index (χ1v) is 6.71. The Morgan fingerprint density at radius 1 is 0.800 bits per heavy atom. The highest BCUT2D eigenvalue weighted by Crippen LogP contribution is 2.21. The first-order chi connectivity index (χ1) is 9.29. The second-order valence-electron chi connectivity index (χ2n) is 3.81. The zero-order chi connectivity index (χ0) is 14.9. The van der Waals surface area contributed by atoms with Crippen LogP contribution in [0.2, 0.25) is 0 Å². The molecule has 2 aromatic rings. The SMILES string of the molecule is O=S(=O)(Nc1ccc(F)c(F)c1)c1cc(F)ccc1F. The molecule has 0 spiro atoms. The molecule has 0 atom stereocenters. The summed E-state index contributed by atoms with van der Waals surface area (Å²) in [5.41, 5.74) is -0.312. The molecule has 0 aliphatic rings. The number of nitrogens with one attached hydrogen (secondary N) is 1. The van der Waals surface area contributed by atoms with E-state index in [-0.39, 0.29) is 5.69 Å². The molecule has 0 fully saturated rings. The monoisotopic (exact) mass is 305 g/mol. The molecule has 0 bridgehead atoms. The molecular weight excluding hydrogens is 298 g/mol. The van der Waals surface area contributed by atoms with Gasteiger partial charge in [-0.3, -0.25) is 4.72 Å². The highest BCUT2D eigenvalue weighted by atomic mass is 32.2. The van der Waals surface area contributed by atoms with Gasteiger partial charge in [-0.25, -0.2) is 26.0 Å². The number of halogens is 4. The average Bonchev–Trinajstić information content (AvgIpc) is 2.36. The fourth-order valence-corrected chi connectivity index (χ4v) is 2.59. The molecule has 0 amide bonds. The number of benzene rings is 2. The van der Waals surface area contributed by atoms with Crippen LogP contribution in [0.5, 0.6) is 0 Å². The summed E-state index contributed by atoms with van der Waals surface area (Å²) in [6, 6.07) is 4.13. The van der Waals surface area contributed by atoms with E-state index in [9.17, 15) is 26.0 Å². The van der Waals surface area contributed by atoms with Gasteiger partial charge >= 0.3 is 0 Å². The normalized spacial score (nSPS) is 11.4. The lowest BCUT2D eigenvalue weighted by Gasteiger charge is -2.09. The van der Waals surface area contributed by atoms with E-state index in [1.165, 1.54) is 0 Å². The minimum atomic E-state index is -4.45. The summed E-state index contributed by atoms with van der Waals surface area (Å²) < 4.78 is 77.5. The van der Waals surface area contributed by atoms with E-state index in [1.807, 2.05) is 4.72 Å². The molecule has 3 nitrogen and oxygen atoms in total. The van der Waals surface area contributed by atoms with Gasteiger partial charge in [-0.2, -0.15) is 0 Å². The van der Waals surface area contributed by atoms with E-state index in [2.05, 4.69) is 0 Å². The Balaban J connectivity index is 2.40. The van der Waals surface area contributed by atoms with Gasteiger partial charge in [-0.05, 0) is 30.3 Å². The second kappa shape index (κ2) is 5.12. The van der Waals surface area contributed by atoms with Crippen molar-refractivity contribution in [3.05, 3.63) is 59.7 Å². The highest BCUT2D eigenvalue weighted by molar-refractivity contribution is 7.92. The number of rotatable bonds is 3. The van der Waals surface area contributed by atoms with Crippen LogP contribution in [0.15, 0.2) is 41.3 Å². The fourth-order valence-electron chi connectivity index (χ4n) is 1.45. The maximum Gasteiger partial charge on any atom is 0.264 e. The Bertz CT molecular complexity index is 762. The van der Waals surface area contributed by atoms with Crippen LogP contribution in [0, 0.1) is 23.3 Å². The Kier molecular flexibility index (Phi) is 3.67. The van der Waals surface area contributed by atoms with Crippen LogP contribution in [-0.2, 0) is 10.0 Å². The van der Waals surface area contributed by atoms with E-state index < -0.39 is 38.2 Å². The lowest BCUT2D eigenvalue weighted by atomic mass is 10.3. The summed E-state index contributed by atoms with van der Waals surface area (Å²) in [6.07, 6.45) is 0. The van der Waals surface area contributed by atoms with Crippen molar-refractivity contribution in [3.8, 4) is 0 Å². The molecule has 0 heterocycles. The van der Waals surface area contributed by atoms with Crippen molar-refractivity contribution in [3.63, 3.8) is 0 Å². The van der Waals surface area contributed by atoms with Crippen LogP contribution in [0.3, 0.4) is 0 Å². The predicted octanol–water partition coefficient (Wildman–Crippen LogP) is 3.04. The van der Waals surface area contributed by atoms with Crippen LogP contribution in [0.25, 0.3) is 0 Å². The minimum Gasteiger partial charge on any atom is -0.279 e. The molecule has 1 N–H and O–H groups in total. The zero-order valence-corrected chi connectivity index (χ0v) is 10.5. The van der Waals surface area contributed by atoms with Crippen molar-refractivity contribution in [1.82, 2.24) is 0 Å². The molecule has 0 aliphatic carbocycles. The van der Waals surface area contributed by atoms with E-state index >= 15 is 0 Å². The van der Waals surface area contributed by atoms with Crippen molar-refractivity contribution in [1.29, 1.82) is 0 Å². The Morgan fingerprint density at radius 2 is 1.45 bits per heavy atom. The molecule has 0 saturated carbocycles. The predicted molar refractivity (Wildman–Crippen MR) is 63.5 cm³/mol. The standard InChI is InChI=1S/C12H7F4NO2S/c13-7-1-3-10(15)12(5-7)20(18,19)17-8-2-4-9(14)11(16)6-8/h1-6,17H.